The summed E-state index contributed by atoms with van der Waals surface area (Å²) in [7, 11) is 0. The summed E-state index contributed by atoms with van der Waals surface area (Å²) < 4.78 is 7.68. The van der Waals surface area contributed by atoms with Crippen LogP contribution < -0.4 is 10.7 Å². The summed E-state index contributed by atoms with van der Waals surface area (Å²) in [6.45, 7) is 0.355. The number of hydrogen-bond donors (Lipinski definition) is 0. The van der Waals surface area contributed by atoms with Gasteiger partial charge in [0.05, 0.1) is 15.7 Å². The summed E-state index contributed by atoms with van der Waals surface area (Å²) in [5.41, 5.74) is 3.06. The van der Waals surface area contributed by atoms with E-state index in [1.165, 1.54) is 15.9 Å². The molecule has 0 spiro atoms. The lowest BCUT2D eigenvalue weighted by Gasteiger charge is -2.20. The third-order valence-corrected chi connectivity index (χ3v) is 6.21. The lowest BCUT2D eigenvalue weighted by Crippen LogP contribution is -2.37. The number of aromatic nitrogens is 2. The minimum Gasteiger partial charge on any atom is -0.408 e. The van der Waals surface area contributed by atoms with Crippen LogP contribution >= 0.6 is 11.3 Å². The molecule has 0 bridgehead atoms. The van der Waals surface area contributed by atoms with Gasteiger partial charge in [0.25, 0.3) is 0 Å². The monoisotopic (exact) mass is 429 g/mol. The van der Waals surface area contributed by atoms with Crippen LogP contribution in [0, 0.1) is 0 Å². The van der Waals surface area contributed by atoms with Gasteiger partial charge < -0.3 is 4.42 Å². The Bertz CT molecular complexity index is 1390. The van der Waals surface area contributed by atoms with Gasteiger partial charge in [-0.1, -0.05) is 65.9 Å². The zero-order valence-electron chi connectivity index (χ0n) is 16.6. The van der Waals surface area contributed by atoms with Crippen LogP contribution in [0.1, 0.15) is 5.56 Å². The summed E-state index contributed by atoms with van der Waals surface area (Å²) in [5.74, 6) is -0.745. The molecule has 5 aromatic rings. The Hall–Kier alpha value is -3.71. The van der Waals surface area contributed by atoms with Gasteiger partial charge in [0.2, 0.25) is 5.91 Å². The van der Waals surface area contributed by atoms with Crippen LogP contribution in [-0.2, 0) is 17.8 Å². The molecule has 7 heteroatoms. The van der Waals surface area contributed by atoms with Crippen molar-refractivity contribution in [3.05, 3.63) is 95.0 Å². The Morgan fingerprint density at radius 2 is 1.71 bits per heavy atom. The molecule has 0 saturated heterocycles. The predicted molar refractivity (Wildman–Crippen MR) is 123 cm³/mol. The van der Waals surface area contributed by atoms with Crippen molar-refractivity contribution >= 4 is 43.7 Å². The largest absolute Gasteiger partial charge is 0.420 e. The number of amides is 1. The van der Waals surface area contributed by atoms with E-state index in [1.54, 1.807) is 23.1 Å². The van der Waals surface area contributed by atoms with E-state index in [1.807, 2.05) is 60.7 Å². The van der Waals surface area contributed by atoms with E-state index in [0.717, 1.165) is 15.8 Å². The highest BCUT2D eigenvalue weighted by Gasteiger charge is 2.22. The average Bonchev–Trinajstić information content (AvgIpc) is 3.35. The number of carbonyl (C=O) groups is 1. The molecule has 1 amide bonds. The first kappa shape index (κ1) is 19.3. The fourth-order valence-corrected chi connectivity index (χ4v) is 4.58. The van der Waals surface area contributed by atoms with Crippen molar-refractivity contribution in [2.24, 2.45) is 0 Å². The van der Waals surface area contributed by atoms with Crippen LogP contribution in [0.5, 0.6) is 0 Å². The molecule has 0 fully saturated rings. The molecule has 0 saturated carbocycles. The highest BCUT2D eigenvalue weighted by molar-refractivity contribution is 7.22. The Labute approximate surface area is 182 Å². The summed E-state index contributed by atoms with van der Waals surface area (Å²) in [6.07, 6.45) is 0.684. The summed E-state index contributed by atoms with van der Waals surface area (Å²) in [5, 5.41) is 0.628. The third kappa shape index (κ3) is 3.87. The first-order chi connectivity index (χ1) is 15.2. The van der Waals surface area contributed by atoms with Crippen molar-refractivity contribution < 1.29 is 9.21 Å². The van der Waals surface area contributed by atoms with Gasteiger partial charge in [-0.15, -0.1) is 0 Å². The summed E-state index contributed by atoms with van der Waals surface area (Å²) in [6, 6.07) is 24.9. The number of hydrogen-bond acceptors (Lipinski definition) is 5. The fraction of sp³-hybridized carbons (Fsp3) is 0.125. The first-order valence-corrected chi connectivity index (χ1v) is 10.8. The highest BCUT2D eigenvalue weighted by atomic mass is 32.1. The molecule has 2 aromatic heterocycles. The second kappa shape index (κ2) is 8.20. The van der Waals surface area contributed by atoms with Gasteiger partial charge in [0.1, 0.15) is 6.54 Å². The number of anilines is 1. The second-order valence-electron chi connectivity index (χ2n) is 7.17. The summed E-state index contributed by atoms with van der Waals surface area (Å²) >= 11 is 1.47. The van der Waals surface area contributed by atoms with Gasteiger partial charge in [-0.25, -0.2) is 9.78 Å². The fourth-order valence-electron chi connectivity index (χ4n) is 3.57. The molecule has 2 heterocycles. The Morgan fingerprint density at radius 1 is 0.968 bits per heavy atom. The normalized spacial score (nSPS) is 11.2. The van der Waals surface area contributed by atoms with Gasteiger partial charge >= 0.3 is 5.76 Å². The zero-order chi connectivity index (χ0) is 21.2. The lowest BCUT2D eigenvalue weighted by atomic mass is 10.1. The van der Waals surface area contributed by atoms with Crippen LogP contribution in [0.15, 0.2) is 88.1 Å². The Kier molecular flexibility index (Phi) is 5.09. The van der Waals surface area contributed by atoms with Crippen molar-refractivity contribution in [1.82, 2.24) is 9.55 Å². The number of carbonyl (C=O) groups excluding carboxylic acids is 1. The predicted octanol–water partition coefficient (Wildman–Crippen LogP) is 4.48. The maximum Gasteiger partial charge on any atom is 0.420 e. The van der Waals surface area contributed by atoms with Gasteiger partial charge in [0, 0.05) is 6.54 Å². The summed E-state index contributed by atoms with van der Waals surface area (Å²) in [4.78, 5) is 32.1. The first-order valence-electron chi connectivity index (χ1n) is 9.97. The molecule has 0 aliphatic heterocycles. The quantitative estimate of drug-likeness (QED) is 0.399. The number of fused-ring (bicyclic) bond motifs is 2. The van der Waals surface area contributed by atoms with E-state index in [9.17, 15) is 9.59 Å². The minimum absolute atomic E-state index is 0.111. The van der Waals surface area contributed by atoms with Crippen LogP contribution in [0.4, 0.5) is 5.13 Å². The number of thiazole rings is 1. The average molecular weight is 430 g/mol. The maximum absolute atomic E-state index is 13.4. The molecule has 0 aliphatic carbocycles. The number of para-hydroxylation sites is 3. The van der Waals surface area contributed by atoms with Crippen molar-refractivity contribution in [3.63, 3.8) is 0 Å². The molecule has 5 rings (SSSR count). The molecular weight excluding hydrogens is 410 g/mol. The van der Waals surface area contributed by atoms with Crippen LogP contribution in [0.3, 0.4) is 0 Å². The smallest absolute Gasteiger partial charge is 0.408 e. The van der Waals surface area contributed by atoms with Crippen molar-refractivity contribution in [2.75, 3.05) is 11.4 Å². The molecular formula is C24H19N3O3S. The van der Waals surface area contributed by atoms with Crippen molar-refractivity contribution in [3.8, 4) is 0 Å². The molecule has 0 unspecified atom stereocenters. The number of oxazole rings is 1. The van der Waals surface area contributed by atoms with Gasteiger partial charge in [0.15, 0.2) is 10.7 Å². The van der Waals surface area contributed by atoms with E-state index < -0.39 is 5.76 Å². The van der Waals surface area contributed by atoms with E-state index in [4.69, 9.17) is 4.42 Å². The molecule has 0 radical (unpaired) electrons. The lowest BCUT2D eigenvalue weighted by molar-refractivity contribution is -0.119. The van der Waals surface area contributed by atoms with Gasteiger partial charge in [-0.3, -0.25) is 14.3 Å². The van der Waals surface area contributed by atoms with Crippen molar-refractivity contribution in [1.29, 1.82) is 0 Å². The molecule has 0 aliphatic rings. The second-order valence-corrected chi connectivity index (χ2v) is 8.18. The number of benzene rings is 3. The zero-order valence-corrected chi connectivity index (χ0v) is 17.4. The standard InChI is InChI=1S/C24H19N3O3S/c28-22(16-27-19-11-5-6-12-20(19)30-24(27)29)26(15-14-17-8-2-1-3-9-17)23-25-18-10-4-7-13-21(18)31-23/h1-13H,14-16H2. The number of rotatable bonds is 6. The minimum atomic E-state index is -0.540. The Morgan fingerprint density at radius 3 is 2.55 bits per heavy atom. The number of nitrogens with zero attached hydrogens (tertiary/aromatic N) is 3. The highest BCUT2D eigenvalue weighted by Crippen LogP contribution is 2.29. The van der Waals surface area contributed by atoms with E-state index in [-0.39, 0.29) is 12.5 Å². The van der Waals surface area contributed by atoms with E-state index in [2.05, 4.69) is 4.98 Å². The Balaban J connectivity index is 1.48. The van der Waals surface area contributed by atoms with Crippen LogP contribution in [-0.4, -0.2) is 22.0 Å². The van der Waals surface area contributed by atoms with Crippen molar-refractivity contribution in [2.45, 2.75) is 13.0 Å². The SMILES string of the molecule is O=C(Cn1c(=O)oc2ccccc21)N(CCc1ccccc1)c1nc2ccccc2s1. The molecule has 31 heavy (non-hydrogen) atoms. The van der Waals surface area contributed by atoms with Gasteiger partial charge in [-0.2, -0.15) is 0 Å². The third-order valence-electron chi connectivity index (χ3n) is 5.15. The molecule has 0 atom stereocenters. The van der Waals surface area contributed by atoms with E-state index >= 15 is 0 Å². The molecule has 0 N–H and O–H groups in total. The molecule has 3 aromatic carbocycles. The van der Waals surface area contributed by atoms with Gasteiger partial charge in [-0.05, 0) is 36.2 Å². The van der Waals surface area contributed by atoms with E-state index in [0.29, 0.717) is 29.2 Å². The maximum atomic E-state index is 13.4. The molecule has 6 nitrogen and oxygen atoms in total. The topological polar surface area (TPSA) is 68.3 Å². The van der Waals surface area contributed by atoms with Crippen LogP contribution in [0.2, 0.25) is 0 Å². The van der Waals surface area contributed by atoms with Crippen LogP contribution in [0.25, 0.3) is 21.3 Å². The molecule has 154 valence electrons.